The molecule has 5 nitrogen and oxygen atoms in total. The Bertz CT molecular complexity index is 1380. The number of nitrogens with one attached hydrogen (secondary N) is 2. The lowest BCUT2D eigenvalue weighted by Crippen LogP contribution is -2.58. The van der Waals surface area contributed by atoms with Crippen LogP contribution in [0.2, 0.25) is 5.02 Å². The van der Waals surface area contributed by atoms with E-state index in [9.17, 15) is 14.0 Å². The number of aromatic nitrogens is 1. The second kappa shape index (κ2) is 10.4. The summed E-state index contributed by atoms with van der Waals surface area (Å²) in [6.07, 6.45) is 0.0615. The van der Waals surface area contributed by atoms with Gasteiger partial charge in [-0.2, -0.15) is 11.3 Å². The quantitative estimate of drug-likeness (QED) is 0.281. The number of hydrogen-bond donors (Lipinski definition) is 2. The molecule has 2 aromatic carbocycles. The Morgan fingerprint density at radius 3 is 2.61 bits per heavy atom. The lowest BCUT2D eigenvalue weighted by atomic mass is 9.79. The second-order valence-electron chi connectivity index (χ2n) is 8.37. The summed E-state index contributed by atoms with van der Waals surface area (Å²) in [5, 5.41) is 9.80. The molecule has 1 fully saturated rings. The van der Waals surface area contributed by atoms with Crippen molar-refractivity contribution in [1.29, 1.82) is 0 Å². The maximum atomic E-state index is 13.4. The number of halogens is 2. The normalized spacial score (nSPS) is 19.7. The number of anilines is 1. The Labute approximate surface area is 221 Å². The van der Waals surface area contributed by atoms with Gasteiger partial charge in [-0.15, -0.1) is 11.8 Å². The summed E-state index contributed by atoms with van der Waals surface area (Å²) >= 11 is 8.92. The number of rotatable bonds is 7. The predicted molar refractivity (Wildman–Crippen MR) is 142 cm³/mol. The number of nitrogens with zero attached hydrogens (tertiary/aromatic N) is 1. The van der Waals surface area contributed by atoms with E-state index in [1.54, 1.807) is 30.3 Å². The van der Waals surface area contributed by atoms with Gasteiger partial charge < -0.3 is 10.6 Å². The van der Waals surface area contributed by atoms with Crippen LogP contribution in [0.1, 0.15) is 23.2 Å². The topological polar surface area (TPSA) is 71.1 Å². The van der Waals surface area contributed by atoms with Crippen LogP contribution in [-0.4, -0.2) is 21.9 Å². The van der Waals surface area contributed by atoms with Crippen LogP contribution < -0.4 is 10.6 Å². The lowest BCUT2D eigenvalue weighted by Gasteiger charge is -2.39. The third kappa shape index (κ3) is 5.02. The van der Waals surface area contributed by atoms with Gasteiger partial charge >= 0.3 is 0 Å². The van der Waals surface area contributed by atoms with Gasteiger partial charge in [-0.05, 0) is 64.4 Å². The summed E-state index contributed by atoms with van der Waals surface area (Å²) in [4.78, 5) is 32.2. The monoisotopic (exact) mass is 537 g/mol. The molecular formula is C27H21ClFN3O2S2. The van der Waals surface area contributed by atoms with Gasteiger partial charge in [-0.3, -0.25) is 9.59 Å². The molecule has 1 saturated heterocycles. The molecular weight excluding hydrogens is 517 g/mol. The summed E-state index contributed by atoms with van der Waals surface area (Å²) in [6.45, 7) is 0.448. The summed E-state index contributed by atoms with van der Waals surface area (Å²) in [5.41, 5.74) is 1.18. The lowest BCUT2D eigenvalue weighted by molar-refractivity contribution is -0.133. The van der Waals surface area contributed by atoms with E-state index in [0.29, 0.717) is 28.0 Å². The van der Waals surface area contributed by atoms with Crippen molar-refractivity contribution in [3.8, 4) is 0 Å². The molecule has 1 aliphatic heterocycles. The Morgan fingerprint density at radius 2 is 1.89 bits per heavy atom. The molecule has 182 valence electrons. The van der Waals surface area contributed by atoms with Crippen molar-refractivity contribution in [1.82, 2.24) is 10.3 Å². The molecule has 2 atom stereocenters. The number of pyridine rings is 1. The van der Waals surface area contributed by atoms with Gasteiger partial charge in [-0.1, -0.05) is 41.9 Å². The summed E-state index contributed by atoms with van der Waals surface area (Å²) in [6, 6.07) is 20.8. The van der Waals surface area contributed by atoms with E-state index in [1.807, 2.05) is 41.1 Å². The van der Waals surface area contributed by atoms with Gasteiger partial charge in [0.15, 0.2) is 5.78 Å². The second-order valence-corrected chi connectivity index (χ2v) is 10.7. The molecule has 5 rings (SSSR count). The van der Waals surface area contributed by atoms with E-state index in [4.69, 9.17) is 16.6 Å². The van der Waals surface area contributed by atoms with Crippen LogP contribution in [0.15, 0.2) is 88.5 Å². The minimum absolute atomic E-state index is 0.0615. The molecule has 36 heavy (non-hydrogen) atoms. The summed E-state index contributed by atoms with van der Waals surface area (Å²) < 4.78 is 13.2. The largest absolute Gasteiger partial charge is 0.366 e. The highest BCUT2D eigenvalue weighted by molar-refractivity contribution is 8.01. The van der Waals surface area contributed by atoms with E-state index < -0.39 is 10.8 Å². The first-order valence-corrected chi connectivity index (χ1v) is 13.4. The standard InChI is InChI=1S/C27H21ClFN3O2S2/c28-20-4-1-2-5-22(20)36-25-21(33)14-27(32-26(25)34,18-12-13-35-16-18)23-6-3-7-24(31-23)30-15-17-8-10-19(29)11-9-17/h1-13,16,25H,14-15H2,(H,30,31)(H,32,34). The number of piperidine rings is 1. The number of benzene rings is 2. The SMILES string of the molecule is O=C1CC(c2ccsc2)(c2cccc(NCc3ccc(F)cc3)n2)NC(=O)C1Sc1ccccc1Cl. The van der Waals surface area contributed by atoms with Gasteiger partial charge in [-0.25, -0.2) is 9.37 Å². The van der Waals surface area contributed by atoms with Crippen LogP contribution in [0, 0.1) is 5.82 Å². The van der Waals surface area contributed by atoms with Crippen molar-refractivity contribution < 1.29 is 14.0 Å². The maximum absolute atomic E-state index is 13.4. The molecule has 1 aliphatic rings. The molecule has 0 radical (unpaired) electrons. The predicted octanol–water partition coefficient (Wildman–Crippen LogP) is 6.04. The summed E-state index contributed by atoms with van der Waals surface area (Å²) in [7, 11) is 0. The minimum atomic E-state index is -1.08. The van der Waals surface area contributed by atoms with Crippen LogP contribution in [0.25, 0.3) is 0 Å². The Hall–Kier alpha value is -3.20. The first kappa shape index (κ1) is 24.5. The van der Waals surface area contributed by atoms with Crippen molar-refractivity contribution in [2.75, 3.05) is 5.32 Å². The van der Waals surface area contributed by atoms with Crippen LogP contribution in [0.5, 0.6) is 0 Å². The molecule has 0 spiro atoms. The smallest absolute Gasteiger partial charge is 0.242 e. The highest BCUT2D eigenvalue weighted by Crippen LogP contribution is 2.41. The zero-order valence-corrected chi connectivity index (χ0v) is 21.3. The van der Waals surface area contributed by atoms with Crippen LogP contribution in [0.4, 0.5) is 10.2 Å². The molecule has 2 aromatic heterocycles. The van der Waals surface area contributed by atoms with Gasteiger partial charge in [0, 0.05) is 17.9 Å². The zero-order chi connectivity index (χ0) is 25.1. The van der Waals surface area contributed by atoms with E-state index >= 15 is 0 Å². The average molecular weight is 538 g/mol. The highest BCUT2D eigenvalue weighted by atomic mass is 35.5. The molecule has 0 bridgehead atoms. The summed E-state index contributed by atoms with van der Waals surface area (Å²) in [5.74, 6) is -0.281. The van der Waals surface area contributed by atoms with Crippen molar-refractivity contribution in [2.45, 2.75) is 28.6 Å². The Balaban J connectivity index is 1.43. The third-order valence-electron chi connectivity index (χ3n) is 5.98. The molecule has 2 N–H and O–H groups in total. The van der Waals surface area contributed by atoms with Gasteiger partial charge in [0.05, 0.1) is 10.7 Å². The zero-order valence-electron chi connectivity index (χ0n) is 18.9. The number of amides is 1. The average Bonchev–Trinajstić information content (AvgIpc) is 3.43. The number of thiophene rings is 1. The highest BCUT2D eigenvalue weighted by Gasteiger charge is 2.48. The fourth-order valence-electron chi connectivity index (χ4n) is 4.16. The number of thioether (sulfide) groups is 1. The molecule has 0 aliphatic carbocycles. The van der Waals surface area contributed by atoms with Gasteiger partial charge in [0.25, 0.3) is 0 Å². The van der Waals surface area contributed by atoms with Crippen molar-refractivity contribution in [3.63, 3.8) is 0 Å². The first-order chi connectivity index (χ1) is 17.4. The molecule has 3 heterocycles. The first-order valence-electron chi connectivity index (χ1n) is 11.2. The van der Waals surface area contributed by atoms with Gasteiger partial charge in [0.2, 0.25) is 5.91 Å². The van der Waals surface area contributed by atoms with E-state index in [0.717, 1.165) is 22.9 Å². The maximum Gasteiger partial charge on any atom is 0.242 e. The van der Waals surface area contributed by atoms with Crippen molar-refractivity contribution in [2.24, 2.45) is 0 Å². The van der Waals surface area contributed by atoms with Crippen LogP contribution in [-0.2, 0) is 21.7 Å². The van der Waals surface area contributed by atoms with Crippen molar-refractivity contribution in [3.05, 3.63) is 111 Å². The fourth-order valence-corrected chi connectivity index (χ4v) is 6.13. The van der Waals surface area contributed by atoms with E-state index in [2.05, 4.69) is 10.6 Å². The third-order valence-corrected chi connectivity index (χ3v) is 8.42. The number of hydrogen-bond acceptors (Lipinski definition) is 6. The van der Waals surface area contributed by atoms with Gasteiger partial charge in [0.1, 0.15) is 22.4 Å². The molecule has 1 amide bonds. The molecule has 4 aromatic rings. The Kier molecular flexibility index (Phi) is 7.09. The number of ketones is 1. The minimum Gasteiger partial charge on any atom is -0.366 e. The Morgan fingerprint density at radius 1 is 1.08 bits per heavy atom. The number of carbonyl (C=O) groups is 2. The number of Topliss-reactive ketones (excluding diaryl/α,β-unsaturated/α-hetero) is 1. The fraction of sp³-hybridized carbons (Fsp3) is 0.148. The molecule has 2 unspecified atom stereocenters. The molecule has 9 heteroatoms. The van der Waals surface area contributed by atoms with Crippen LogP contribution >= 0.6 is 34.7 Å². The number of carbonyl (C=O) groups excluding carboxylic acids is 2. The van der Waals surface area contributed by atoms with E-state index in [1.165, 1.54) is 23.5 Å². The molecule has 0 saturated carbocycles. The van der Waals surface area contributed by atoms with E-state index in [-0.39, 0.29) is 23.9 Å². The van der Waals surface area contributed by atoms with Crippen molar-refractivity contribution >= 4 is 52.2 Å². The van der Waals surface area contributed by atoms with Crippen LogP contribution in [0.3, 0.4) is 0 Å².